The minimum absolute atomic E-state index is 0.0460. The summed E-state index contributed by atoms with van der Waals surface area (Å²) in [6.45, 7) is 5.20. The van der Waals surface area contributed by atoms with Crippen molar-refractivity contribution in [3.05, 3.63) is 124 Å². The molecule has 0 aliphatic heterocycles. The number of para-hydroxylation sites is 1. The summed E-state index contributed by atoms with van der Waals surface area (Å²) in [6, 6.07) is 24.4. The van der Waals surface area contributed by atoms with Crippen LogP contribution in [-0.2, 0) is 16.0 Å². The van der Waals surface area contributed by atoms with Crippen LogP contribution < -0.4 is 10.6 Å². The minimum Gasteiger partial charge on any atom is -0.458 e. The molecule has 0 fully saturated rings. The van der Waals surface area contributed by atoms with Crippen molar-refractivity contribution in [3.63, 3.8) is 0 Å². The van der Waals surface area contributed by atoms with E-state index in [1.807, 2.05) is 60.7 Å². The first kappa shape index (κ1) is 31.6. The van der Waals surface area contributed by atoms with Crippen LogP contribution in [0.4, 0.5) is 10.1 Å². The van der Waals surface area contributed by atoms with E-state index in [-0.39, 0.29) is 23.2 Å². The standard InChI is InChI=1S/C34H30ClFN4O4S/c1-34(2,3)44-33(43)27(16-21-10-6-4-7-11-21)38-31(41)22-17-23(36)19-24(18-22)37-32(42)26-20-40(25-12-8-5-9-13-25)39-30(26)28-14-15-29(35)45-28/h4-15,17-20,27H,16H2,1-3H3,(H,37,42)(H,38,41)/t27-/m0/s1. The smallest absolute Gasteiger partial charge is 0.329 e. The van der Waals surface area contributed by atoms with Crippen molar-refractivity contribution >= 4 is 46.4 Å². The molecule has 5 rings (SSSR count). The Morgan fingerprint density at radius 2 is 1.64 bits per heavy atom. The number of nitrogens with zero attached hydrogens (tertiary/aromatic N) is 2. The van der Waals surface area contributed by atoms with Gasteiger partial charge in [-0.1, -0.05) is 60.1 Å². The third-order valence-electron chi connectivity index (χ3n) is 6.48. The first-order valence-corrected chi connectivity index (χ1v) is 15.2. The number of carbonyl (C=O) groups is 3. The van der Waals surface area contributed by atoms with Crippen LogP contribution >= 0.6 is 22.9 Å². The average Bonchev–Trinajstić information content (AvgIpc) is 3.63. The van der Waals surface area contributed by atoms with E-state index in [1.54, 1.807) is 43.8 Å². The first-order valence-electron chi connectivity index (χ1n) is 14.1. The molecular formula is C34H30ClFN4O4S. The second kappa shape index (κ2) is 13.5. The van der Waals surface area contributed by atoms with Gasteiger partial charge in [-0.15, -0.1) is 11.3 Å². The third-order valence-corrected chi connectivity index (χ3v) is 7.72. The van der Waals surface area contributed by atoms with Crippen molar-refractivity contribution in [2.45, 2.75) is 38.8 Å². The molecule has 2 amide bonds. The van der Waals surface area contributed by atoms with E-state index in [0.29, 0.717) is 14.9 Å². The molecule has 2 N–H and O–H groups in total. The van der Waals surface area contributed by atoms with Gasteiger partial charge in [0, 0.05) is 23.9 Å². The number of nitrogens with one attached hydrogen (secondary N) is 2. The van der Waals surface area contributed by atoms with Crippen LogP contribution in [0.15, 0.2) is 97.2 Å². The predicted octanol–water partition coefficient (Wildman–Crippen LogP) is 7.33. The Labute approximate surface area is 268 Å². The third kappa shape index (κ3) is 8.23. The van der Waals surface area contributed by atoms with Gasteiger partial charge in [-0.3, -0.25) is 9.59 Å². The van der Waals surface area contributed by atoms with E-state index < -0.39 is 35.2 Å². The summed E-state index contributed by atoms with van der Waals surface area (Å²) in [6.07, 6.45) is 1.75. The highest BCUT2D eigenvalue weighted by Crippen LogP contribution is 2.33. The van der Waals surface area contributed by atoms with Crippen molar-refractivity contribution in [2.24, 2.45) is 0 Å². The van der Waals surface area contributed by atoms with E-state index in [4.69, 9.17) is 16.3 Å². The molecule has 0 aliphatic carbocycles. The highest BCUT2D eigenvalue weighted by molar-refractivity contribution is 7.19. The number of rotatable bonds is 9. The Bertz CT molecular complexity index is 1830. The van der Waals surface area contributed by atoms with E-state index >= 15 is 0 Å². The maximum atomic E-state index is 14.8. The molecule has 11 heteroatoms. The Balaban J connectivity index is 1.40. The van der Waals surface area contributed by atoms with Gasteiger partial charge >= 0.3 is 5.97 Å². The van der Waals surface area contributed by atoms with E-state index in [2.05, 4.69) is 15.7 Å². The molecule has 2 aromatic heterocycles. The molecule has 5 aromatic rings. The fourth-order valence-electron chi connectivity index (χ4n) is 4.53. The summed E-state index contributed by atoms with van der Waals surface area (Å²) in [5, 5.41) is 10.00. The fourth-order valence-corrected chi connectivity index (χ4v) is 5.57. The molecule has 45 heavy (non-hydrogen) atoms. The van der Waals surface area contributed by atoms with Crippen molar-refractivity contribution in [1.29, 1.82) is 0 Å². The molecule has 0 saturated heterocycles. The Morgan fingerprint density at radius 3 is 2.29 bits per heavy atom. The Morgan fingerprint density at radius 1 is 0.956 bits per heavy atom. The van der Waals surface area contributed by atoms with Crippen molar-refractivity contribution in [3.8, 4) is 16.3 Å². The number of halogens is 2. The maximum absolute atomic E-state index is 14.8. The predicted molar refractivity (Wildman–Crippen MR) is 173 cm³/mol. The van der Waals surface area contributed by atoms with Gasteiger partial charge in [0.05, 0.1) is 20.5 Å². The zero-order valence-electron chi connectivity index (χ0n) is 24.7. The van der Waals surface area contributed by atoms with Crippen LogP contribution in [0.2, 0.25) is 4.34 Å². The SMILES string of the molecule is CC(C)(C)OC(=O)[C@H](Cc1ccccc1)NC(=O)c1cc(F)cc(NC(=O)c2cn(-c3ccccc3)nc2-c2ccc(Cl)s2)c1. The van der Waals surface area contributed by atoms with Gasteiger partial charge in [-0.25, -0.2) is 13.9 Å². The summed E-state index contributed by atoms with van der Waals surface area (Å²) >= 11 is 7.43. The summed E-state index contributed by atoms with van der Waals surface area (Å²) < 4.78 is 22.5. The average molecular weight is 645 g/mol. The Hall–Kier alpha value is -4.80. The first-order chi connectivity index (χ1) is 21.4. The molecule has 3 aromatic carbocycles. The molecule has 0 saturated carbocycles. The van der Waals surface area contributed by atoms with E-state index in [0.717, 1.165) is 23.4 Å². The van der Waals surface area contributed by atoms with Crippen molar-refractivity contribution in [1.82, 2.24) is 15.1 Å². The van der Waals surface area contributed by atoms with Crippen molar-refractivity contribution < 1.29 is 23.5 Å². The monoisotopic (exact) mass is 644 g/mol. The van der Waals surface area contributed by atoms with Gasteiger partial charge in [0.25, 0.3) is 11.8 Å². The van der Waals surface area contributed by atoms with Gasteiger partial charge in [0.1, 0.15) is 23.2 Å². The van der Waals surface area contributed by atoms with Gasteiger partial charge < -0.3 is 15.4 Å². The van der Waals surface area contributed by atoms with Crippen molar-refractivity contribution in [2.75, 3.05) is 5.32 Å². The van der Waals surface area contributed by atoms with E-state index in [9.17, 15) is 18.8 Å². The summed E-state index contributed by atoms with van der Waals surface area (Å²) in [5.41, 5.74) is 1.33. The molecule has 8 nitrogen and oxygen atoms in total. The zero-order chi connectivity index (χ0) is 32.1. The number of amides is 2. The van der Waals surface area contributed by atoms with Gasteiger partial charge in [0.2, 0.25) is 0 Å². The van der Waals surface area contributed by atoms with Crippen LogP contribution in [0.3, 0.4) is 0 Å². The molecule has 0 aliphatic rings. The number of aromatic nitrogens is 2. The number of hydrogen-bond donors (Lipinski definition) is 2. The lowest BCUT2D eigenvalue weighted by atomic mass is 10.0. The van der Waals surface area contributed by atoms with Gasteiger partial charge in [-0.05, 0) is 68.8 Å². The number of esters is 1. The lowest BCUT2D eigenvalue weighted by Gasteiger charge is -2.25. The molecule has 0 spiro atoms. The number of anilines is 1. The number of ether oxygens (including phenoxy) is 1. The van der Waals surface area contributed by atoms with Crippen LogP contribution in [0.5, 0.6) is 0 Å². The second-order valence-corrected chi connectivity index (χ2v) is 12.9. The largest absolute Gasteiger partial charge is 0.458 e. The Kier molecular flexibility index (Phi) is 9.45. The number of carbonyl (C=O) groups excluding carboxylic acids is 3. The molecule has 0 unspecified atom stereocenters. The van der Waals surface area contributed by atoms with E-state index in [1.165, 1.54) is 17.4 Å². The highest BCUT2D eigenvalue weighted by Gasteiger charge is 2.28. The molecule has 2 heterocycles. The summed E-state index contributed by atoms with van der Waals surface area (Å²) in [5.74, 6) is -2.65. The van der Waals surface area contributed by atoms with Crippen LogP contribution in [0.1, 0.15) is 47.1 Å². The zero-order valence-corrected chi connectivity index (χ0v) is 26.3. The fraction of sp³-hybridized carbons (Fsp3) is 0.176. The minimum atomic E-state index is -1.04. The van der Waals surface area contributed by atoms with Crippen LogP contribution in [-0.4, -0.2) is 39.2 Å². The highest BCUT2D eigenvalue weighted by atomic mass is 35.5. The van der Waals surface area contributed by atoms with Crippen LogP contribution in [0.25, 0.3) is 16.3 Å². The second-order valence-electron chi connectivity index (χ2n) is 11.2. The summed E-state index contributed by atoms with van der Waals surface area (Å²) in [4.78, 5) is 40.6. The lowest BCUT2D eigenvalue weighted by Crippen LogP contribution is -2.45. The molecule has 230 valence electrons. The number of benzene rings is 3. The summed E-state index contributed by atoms with van der Waals surface area (Å²) in [7, 11) is 0. The molecule has 0 bridgehead atoms. The topological polar surface area (TPSA) is 102 Å². The number of thiophene rings is 1. The molecule has 0 radical (unpaired) electrons. The van der Waals surface area contributed by atoms with Crippen LogP contribution in [0, 0.1) is 5.82 Å². The molecule has 1 atom stereocenters. The molecular weight excluding hydrogens is 615 g/mol. The maximum Gasteiger partial charge on any atom is 0.329 e. The van der Waals surface area contributed by atoms with Gasteiger partial charge in [-0.2, -0.15) is 5.10 Å². The normalized spacial score (nSPS) is 11.9. The number of hydrogen-bond acceptors (Lipinski definition) is 6. The lowest BCUT2D eigenvalue weighted by molar-refractivity contribution is -0.157. The quantitative estimate of drug-likeness (QED) is 0.164. The van der Waals surface area contributed by atoms with Gasteiger partial charge in [0.15, 0.2) is 0 Å².